The summed E-state index contributed by atoms with van der Waals surface area (Å²) in [6, 6.07) is 14.8. The number of imide groups is 1. The second-order valence-electron chi connectivity index (χ2n) is 24.6. The van der Waals surface area contributed by atoms with E-state index in [9.17, 15) is 24.3 Å². The molecule has 21 heteroatoms. The number of benzene rings is 3. The van der Waals surface area contributed by atoms with Crippen LogP contribution < -0.4 is 16.0 Å². The van der Waals surface area contributed by atoms with Crippen LogP contribution in [0.1, 0.15) is 110 Å². The van der Waals surface area contributed by atoms with Gasteiger partial charge in [0, 0.05) is 74.6 Å². The second-order valence-corrected chi connectivity index (χ2v) is 24.6. The van der Waals surface area contributed by atoms with Gasteiger partial charge in [-0.1, -0.05) is 133 Å². The lowest BCUT2D eigenvalue weighted by Gasteiger charge is -2.39. The van der Waals surface area contributed by atoms with Crippen molar-refractivity contribution in [3.63, 3.8) is 0 Å². The van der Waals surface area contributed by atoms with E-state index in [1.807, 2.05) is 41.5 Å². The number of aliphatic hydroxyl groups is 1. The lowest BCUT2D eigenvalue weighted by molar-refractivity contribution is -0.153. The quantitative estimate of drug-likeness (QED) is 0.177. The van der Waals surface area contributed by atoms with Crippen molar-refractivity contribution in [3.8, 4) is 0 Å². The number of nitrogens with one attached hydrogen (secondary N) is 3. The molecule has 2 fully saturated rings. The highest BCUT2D eigenvalue weighted by Crippen LogP contribution is 2.23. The fourth-order valence-corrected chi connectivity index (χ4v) is 11.2. The molecule has 0 aromatic heterocycles. The summed E-state index contributed by atoms with van der Waals surface area (Å²) in [5.41, 5.74) is 1.94. The van der Waals surface area contributed by atoms with Crippen molar-refractivity contribution in [1.82, 2.24) is 50.2 Å². The third kappa shape index (κ3) is 18.7. The molecule has 11 amide bonds. The molecule has 0 saturated carbocycles. The summed E-state index contributed by atoms with van der Waals surface area (Å²) in [7, 11) is 8.25. The molecule has 86 heavy (non-hydrogen) atoms. The van der Waals surface area contributed by atoms with Gasteiger partial charge in [0.25, 0.3) is 0 Å². The minimum atomic E-state index is -1.69. The average Bonchev–Trinajstić information content (AvgIpc) is 3.32. The molecule has 2 heterocycles. The molecule has 3 aromatic carbocycles. The van der Waals surface area contributed by atoms with Gasteiger partial charge in [-0.3, -0.25) is 48.1 Å². The van der Waals surface area contributed by atoms with Crippen LogP contribution in [0.3, 0.4) is 0 Å². The molecular weight excluding hydrogens is 1100 g/mol. The van der Waals surface area contributed by atoms with Crippen LogP contribution in [-0.4, -0.2) is 208 Å². The number of carbonyl (C=O) groups excluding carboxylic acids is 10. The Hall–Kier alpha value is -7.68. The van der Waals surface area contributed by atoms with Crippen molar-refractivity contribution >= 4 is 59.2 Å². The molecule has 0 bridgehead atoms. The Balaban J connectivity index is 1.73. The Kier molecular flexibility index (Phi) is 25.8. The van der Waals surface area contributed by atoms with E-state index in [4.69, 9.17) is 0 Å². The summed E-state index contributed by atoms with van der Waals surface area (Å²) in [5.74, 6) is -7.21. The number of hydrogen-bond acceptors (Lipinski definition) is 11. The summed E-state index contributed by atoms with van der Waals surface area (Å²) >= 11 is 0. The minimum Gasteiger partial charge on any atom is -0.391 e. The molecular formula is C65H94N10O11. The normalized spacial score (nSPS) is 24.3. The largest absolute Gasteiger partial charge is 0.391 e. The summed E-state index contributed by atoms with van der Waals surface area (Å²) in [4.78, 5) is 158. The van der Waals surface area contributed by atoms with Crippen molar-refractivity contribution in [2.24, 2.45) is 17.8 Å². The number of carbonyl (C=O) groups is 10. The van der Waals surface area contributed by atoms with Crippen molar-refractivity contribution in [2.75, 3.05) is 55.4 Å². The van der Waals surface area contributed by atoms with Crippen LogP contribution >= 0.6 is 0 Å². The molecule has 0 spiro atoms. The van der Waals surface area contributed by atoms with Crippen LogP contribution in [0.2, 0.25) is 0 Å². The van der Waals surface area contributed by atoms with E-state index in [1.165, 1.54) is 63.9 Å². The van der Waals surface area contributed by atoms with Gasteiger partial charge in [-0.2, -0.15) is 0 Å². The minimum absolute atomic E-state index is 0.0457. The van der Waals surface area contributed by atoms with E-state index in [-0.39, 0.29) is 56.3 Å². The zero-order valence-electron chi connectivity index (χ0n) is 52.7. The van der Waals surface area contributed by atoms with Crippen LogP contribution in [0.25, 0.3) is 0 Å². The van der Waals surface area contributed by atoms with Gasteiger partial charge in [-0.15, -0.1) is 0 Å². The fraction of sp³-hybridized carbons (Fsp3) is 0.569. The first-order valence-corrected chi connectivity index (χ1v) is 30.2. The molecule has 470 valence electrons. The van der Waals surface area contributed by atoms with Crippen LogP contribution in [-0.2, 0) is 62.4 Å². The monoisotopic (exact) mass is 1190 g/mol. The molecule has 2 aliphatic heterocycles. The fourth-order valence-electron chi connectivity index (χ4n) is 11.2. The Labute approximate surface area is 508 Å². The first-order valence-electron chi connectivity index (χ1n) is 30.2. The van der Waals surface area contributed by atoms with Gasteiger partial charge in [-0.25, -0.2) is 4.79 Å². The first kappa shape index (κ1) is 69.1. The number of urea groups is 1. The van der Waals surface area contributed by atoms with E-state index in [0.29, 0.717) is 42.6 Å². The lowest BCUT2D eigenvalue weighted by Crippen LogP contribution is -2.63. The molecule has 9 atom stereocenters. The standard InChI is InChI=1S/C65H94N10O11/c1-41(2)34-48-60(81)69(8)52(37-45-26-18-14-19-27-45)59(80)68-56(44(7)76)64(85)72(11)54(39-47-30-22-16-23-31-47)63(84)71(10)53(38-46-28-20-15-21-29-46)62(83)70(9)50(35-42(3)4)57(78)67-49(61(82)75-32-24-17-25-33-75)40-55(77)74(13)65(86)73(12)51(36-43(5)6)58(79)66-48/h14-16,18-23,26-31,41-44,48-54,56,76H,17,24-25,32-40H2,1-13H3,(H,66,79)(H,67,78)(H,68,80)/t44-,48?,49+,50+,51+,52+,53+,54+,56+/m1/s1. The maximum Gasteiger partial charge on any atom is 0.326 e. The highest BCUT2D eigenvalue weighted by molar-refractivity contribution is 6.01. The molecule has 4 N–H and O–H groups in total. The number of piperidine rings is 1. The number of rotatable bonds is 14. The van der Waals surface area contributed by atoms with Crippen LogP contribution in [0.4, 0.5) is 4.79 Å². The Bertz CT molecular complexity index is 2800. The maximum absolute atomic E-state index is 15.6. The van der Waals surface area contributed by atoms with Gasteiger partial charge in [0.05, 0.1) is 12.5 Å². The van der Waals surface area contributed by atoms with Crippen LogP contribution in [0.15, 0.2) is 91.0 Å². The van der Waals surface area contributed by atoms with Crippen molar-refractivity contribution in [1.29, 1.82) is 0 Å². The molecule has 0 aliphatic carbocycles. The molecule has 21 nitrogen and oxygen atoms in total. The molecule has 2 aliphatic rings. The predicted octanol–water partition coefficient (Wildman–Crippen LogP) is 4.29. The molecule has 3 aromatic rings. The number of hydrogen-bond donors (Lipinski definition) is 4. The van der Waals surface area contributed by atoms with Crippen LogP contribution in [0, 0.1) is 17.8 Å². The third-order valence-corrected chi connectivity index (χ3v) is 16.4. The second kappa shape index (κ2) is 32.2. The summed E-state index contributed by atoms with van der Waals surface area (Å²) in [6.07, 6.45) is 0.0746. The SMILES string of the molecule is CC(C)CC1NC(=O)[C@H](CC(C)C)N(C)C(=O)N(C)C(=O)C[C@@H](C(=O)N2CCCCC2)NC(=O)[C@H](CC(C)C)N(C)C(=O)[C@H](Cc2ccccc2)N(C)C(=O)[C@H](Cc2ccccc2)N(C)C(=O)[C@H]([C@@H](C)O)NC(=O)[C@H](Cc2ccccc2)N(C)C1=O. The topological polar surface area (TPSA) is 250 Å². The van der Waals surface area contributed by atoms with Gasteiger partial charge in [0.1, 0.15) is 48.3 Å². The van der Waals surface area contributed by atoms with Gasteiger partial charge >= 0.3 is 6.03 Å². The van der Waals surface area contributed by atoms with Crippen molar-refractivity contribution in [3.05, 3.63) is 108 Å². The number of likely N-dealkylation sites (tertiary alicyclic amines) is 1. The first-order chi connectivity index (χ1) is 40.6. The summed E-state index contributed by atoms with van der Waals surface area (Å²) in [6.45, 7) is 13.2. The van der Waals surface area contributed by atoms with E-state index in [2.05, 4.69) is 16.0 Å². The van der Waals surface area contributed by atoms with Crippen molar-refractivity contribution in [2.45, 2.75) is 167 Å². The Morgan fingerprint density at radius 3 is 1.29 bits per heavy atom. The number of likely N-dealkylation sites (N-methyl/N-ethyl adjacent to an activating group) is 5. The molecule has 1 unspecified atom stereocenters. The van der Waals surface area contributed by atoms with Crippen LogP contribution in [0.5, 0.6) is 0 Å². The molecule has 5 rings (SSSR count). The average molecular weight is 1190 g/mol. The number of amides is 11. The highest BCUT2D eigenvalue weighted by Gasteiger charge is 2.44. The van der Waals surface area contributed by atoms with E-state index < -0.39 is 120 Å². The Morgan fingerprint density at radius 2 is 0.849 bits per heavy atom. The molecule has 0 radical (unpaired) electrons. The predicted molar refractivity (Wildman–Crippen MR) is 327 cm³/mol. The number of aliphatic hydroxyl groups excluding tert-OH is 1. The lowest BCUT2D eigenvalue weighted by atomic mass is 9.97. The maximum atomic E-state index is 15.6. The summed E-state index contributed by atoms with van der Waals surface area (Å²) < 4.78 is 0. The number of nitrogens with zero attached hydrogens (tertiary/aromatic N) is 7. The van der Waals surface area contributed by atoms with Crippen molar-refractivity contribution < 1.29 is 53.1 Å². The Morgan fingerprint density at radius 1 is 0.465 bits per heavy atom. The van der Waals surface area contributed by atoms with E-state index >= 15 is 28.8 Å². The molecule has 2 saturated heterocycles. The van der Waals surface area contributed by atoms with Gasteiger partial charge < -0.3 is 50.5 Å². The van der Waals surface area contributed by atoms with E-state index in [0.717, 1.165) is 21.1 Å². The smallest absolute Gasteiger partial charge is 0.326 e. The van der Waals surface area contributed by atoms with Gasteiger partial charge in [0.2, 0.25) is 53.2 Å². The third-order valence-electron chi connectivity index (χ3n) is 16.4. The van der Waals surface area contributed by atoms with Gasteiger partial charge in [-0.05, 0) is 79.9 Å². The summed E-state index contributed by atoms with van der Waals surface area (Å²) in [5, 5.41) is 19.9. The zero-order valence-corrected chi connectivity index (χ0v) is 52.7. The highest BCUT2D eigenvalue weighted by atomic mass is 16.3. The zero-order chi connectivity index (χ0) is 63.7. The van der Waals surface area contributed by atoms with Gasteiger partial charge in [0.15, 0.2) is 0 Å². The van der Waals surface area contributed by atoms with E-state index in [1.54, 1.807) is 95.9 Å².